The molecule has 0 spiro atoms. The van der Waals surface area contributed by atoms with Crippen molar-refractivity contribution in [3.8, 4) is 0 Å². The van der Waals surface area contributed by atoms with Crippen molar-refractivity contribution in [3.05, 3.63) is 42.2 Å². The van der Waals surface area contributed by atoms with E-state index in [1.165, 1.54) is 12.8 Å². The van der Waals surface area contributed by atoms with Crippen molar-refractivity contribution in [2.45, 2.75) is 32.7 Å². The summed E-state index contributed by atoms with van der Waals surface area (Å²) < 4.78 is 1.76. The van der Waals surface area contributed by atoms with Gasteiger partial charge in [0.05, 0.1) is 0 Å². The number of anilines is 1. The number of nitrogens with zero attached hydrogens (tertiary/aromatic N) is 3. The highest BCUT2D eigenvalue weighted by Crippen LogP contribution is 2.04. The first-order valence-electron chi connectivity index (χ1n) is 6.55. The monoisotopic (exact) mass is 258 g/mol. The van der Waals surface area contributed by atoms with Crippen LogP contribution < -0.4 is 5.32 Å². The van der Waals surface area contributed by atoms with Crippen molar-refractivity contribution in [3.63, 3.8) is 0 Å². The molecule has 0 fully saturated rings. The number of amides is 1. The highest BCUT2D eigenvalue weighted by molar-refractivity contribution is 6.03. The molecule has 0 saturated heterocycles. The first-order valence-corrected chi connectivity index (χ1v) is 6.55. The fraction of sp³-hybridized carbons (Fsp3) is 0.357. The second-order valence-corrected chi connectivity index (χ2v) is 4.36. The predicted molar refractivity (Wildman–Crippen MR) is 73.9 cm³/mol. The minimum atomic E-state index is -0.188. The van der Waals surface area contributed by atoms with E-state index in [0.717, 1.165) is 13.0 Å². The van der Waals surface area contributed by atoms with Gasteiger partial charge in [-0.3, -0.25) is 14.8 Å². The number of unbranched alkanes of at least 4 members (excludes halogenated alkanes) is 2. The number of hydrogen-bond donors (Lipinski definition) is 1. The van der Waals surface area contributed by atoms with Crippen LogP contribution in [0.3, 0.4) is 0 Å². The molecule has 0 aliphatic carbocycles. The average Bonchev–Trinajstić information content (AvgIpc) is 2.88. The molecule has 1 N–H and O–H groups in total. The van der Waals surface area contributed by atoms with Gasteiger partial charge in [0.1, 0.15) is 6.33 Å². The molecule has 100 valence electrons. The van der Waals surface area contributed by atoms with E-state index in [-0.39, 0.29) is 5.91 Å². The normalized spacial score (nSPS) is 10.4. The summed E-state index contributed by atoms with van der Waals surface area (Å²) in [6.45, 7) is 2.99. The summed E-state index contributed by atoms with van der Waals surface area (Å²) in [7, 11) is 0. The van der Waals surface area contributed by atoms with E-state index in [1.54, 1.807) is 23.1 Å². The molecule has 0 bridgehead atoms. The van der Waals surface area contributed by atoms with Crippen LogP contribution in [0, 0.1) is 0 Å². The lowest BCUT2D eigenvalue weighted by molar-refractivity contribution is 0.102. The SMILES string of the molecule is CCCCCn1cnc(NC(=O)c2ccccc2)n1. The first kappa shape index (κ1) is 13.3. The quantitative estimate of drug-likeness (QED) is 0.810. The highest BCUT2D eigenvalue weighted by Gasteiger charge is 2.08. The van der Waals surface area contributed by atoms with Crippen molar-refractivity contribution < 1.29 is 4.79 Å². The number of benzene rings is 1. The molecule has 5 heteroatoms. The van der Waals surface area contributed by atoms with Gasteiger partial charge in [0.15, 0.2) is 0 Å². The van der Waals surface area contributed by atoms with E-state index < -0.39 is 0 Å². The van der Waals surface area contributed by atoms with Crippen molar-refractivity contribution in [2.75, 3.05) is 5.32 Å². The van der Waals surface area contributed by atoms with Crippen LogP contribution in [-0.2, 0) is 6.54 Å². The molecule has 0 aliphatic rings. The maximum Gasteiger partial charge on any atom is 0.258 e. The lowest BCUT2D eigenvalue weighted by Crippen LogP contribution is -2.13. The predicted octanol–water partition coefficient (Wildman–Crippen LogP) is 2.72. The van der Waals surface area contributed by atoms with Gasteiger partial charge in [0.2, 0.25) is 5.95 Å². The summed E-state index contributed by atoms with van der Waals surface area (Å²) in [4.78, 5) is 16.0. The van der Waals surface area contributed by atoms with E-state index in [1.807, 2.05) is 18.2 Å². The Bertz CT molecular complexity index is 521. The van der Waals surface area contributed by atoms with E-state index in [2.05, 4.69) is 22.3 Å². The molecule has 0 aliphatic heterocycles. The molecule has 1 aromatic heterocycles. The molecule has 0 saturated carbocycles. The molecule has 1 heterocycles. The summed E-state index contributed by atoms with van der Waals surface area (Å²) in [5, 5.41) is 6.91. The summed E-state index contributed by atoms with van der Waals surface area (Å²) in [6.07, 6.45) is 5.07. The molecular weight excluding hydrogens is 240 g/mol. The van der Waals surface area contributed by atoms with E-state index in [9.17, 15) is 4.79 Å². The van der Waals surface area contributed by atoms with Crippen molar-refractivity contribution in [1.82, 2.24) is 14.8 Å². The topological polar surface area (TPSA) is 59.8 Å². The van der Waals surface area contributed by atoms with Gasteiger partial charge in [-0.05, 0) is 18.6 Å². The third-order valence-corrected chi connectivity index (χ3v) is 2.79. The molecule has 0 unspecified atom stereocenters. The first-order chi connectivity index (χ1) is 9.29. The zero-order chi connectivity index (χ0) is 13.5. The van der Waals surface area contributed by atoms with Crippen LogP contribution in [-0.4, -0.2) is 20.7 Å². The van der Waals surface area contributed by atoms with Crippen LogP contribution >= 0.6 is 0 Å². The van der Waals surface area contributed by atoms with Crippen molar-refractivity contribution in [1.29, 1.82) is 0 Å². The number of hydrogen-bond acceptors (Lipinski definition) is 3. The van der Waals surface area contributed by atoms with Gasteiger partial charge in [0, 0.05) is 12.1 Å². The fourth-order valence-electron chi connectivity index (χ4n) is 1.75. The average molecular weight is 258 g/mol. The van der Waals surface area contributed by atoms with Gasteiger partial charge < -0.3 is 0 Å². The van der Waals surface area contributed by atoms with Gasteiger partial charge in [0.25, 0.3) is 5.91 Å². The Morgan fingerprint density at radius 1 is 1.26 bits per heavy atom. The number of aromatic nitrogens is 3. The Hall–Kier alpha value is -2.17. The fourth-order valence-corrected chi connectivity index (χ4v) is 1.75. The molecule has 1 amide bonds. The number of carbonyl (C=O) groups is 1. The van der Waals surface area contributed by atoms with Crippen molar-refractivity contribution >= 4 is 11.9 Å². The third kappa shape index (κ3) is 3.91. The third-order valence-electron chi connectivity index (χ3n) is 2.79. The minimum absolute atomic E-state index is 0.188. The Morgan fingerprint density at radius 3 is 2.79 bits per heavy atom. The Kier molecular flexibility index (Phi) is 4.66. The number of carbonyl (C=O) groups excluding carboxylic acids is 1. The molecule has 1 aromatic carbocycles. The summed E-state index contributed by atoms with van der Waals surface area (Å²) in [5.74, 6) is 0.164. The largest absolute Gasteiger partial charge is 0.289 e. The molecule has 2 rings (SSSR count). The molecule has 19 heavy (non-hydrogen) atoms. The smallest absolute Gasteiger partial charge is 0.258 e. The van der Waals surface area contributed by atoms with Gasteiger partial charge in [-0.1, -0.05) is 38.0 Å². The molecule has 5 nitrogen and oxygen atoms in total. The Balaban J connectivity index is 1.91. The van der Waals surface area contributed by atoms with Crippen molar-refractivity contribution in [2.24, 2.45) is 0 Å². The van der Waals surface area contributed by atoms with Gasteiger partial charge in [-0.15, -0.1) is 5.10 Å². The van der Waals surface area contributed by atoms with Crippen LogP contribution in [0.2, 0.25) is 0 Å². The maximum atomic E-state index is 11.9. The standard InChI is InChI=1S/C14H18N4O/c1-2-3-7-10-18-11-15-14(17-18)16-13(19)12-8-5-4-6-9-12/h4-6,8-9,11H,2-3,7,10H2,1H3,(H,16,17,19). The highest BCUT2D eigenvalue weighted by atomic mass is 16.1. The molecule has 0 atom stereocenters. The van der Waals surface area contributed by atoms with E-state index >= 15 is 0 Å². The zero-order valence-electron chi connectivity index (χ0n) is 11.0. The van der Waals surface area contributed by atoms with Gasteiger partial charge in [-0.25, -0.2) is 4.98 Å². The second-order valence-electron chi connectivity index (χ2n) is 4.36. The zero-order valence-corrected chi connectivity index (χ0v) is 11.0. The van der Waals surface area contributed by atoms with Crippen LogP contribution in [0.1, 0.15) is 36.5 Å². The Labute approximate surface area is 112 Å². The summed E-state index contributed by atoms with van der Waals surface area (Å²) in [6, 6.07) is 9.04. The second kappa shape index (κ2) is 6.68. The molecular formula is C14H18N4O. The van der Waals surface area contributed by atoms with Gasteiger partial charge in [-0.2, -0.15) is 0 Å². The van der Waals surface area contributed by atoms with E-state index in [4.69, 9.17) is 0 Å². The van der Waals surface area contributed by atoms with Crippen LogP contribution in [0.25, 0.3) is 0 Å². The van der Waals surface area contributed by atoms with Crippen LogP contribution in [0.4, 0.5) is 5.95 Å². The molecule has 0 radical (unpaired) electrons. The van der Waals surface area contributed by atoms with Crippen LogP contribution in [0.15, 0.2) is 36.7 Å². The Morgan fingerprint density at radius 2 is 2.05 bits per heavy atom. The minimum Gasteiger partial charge on any atom is -0.289 e. The van der Waals surface area contributed by atoms with Gasteiger partial charge >= 0.3 is 0 Å². The summed E-state index contributed by atoms with van der Waals surface area (Å²) >= 11 is 0. The molecule has 2 aromatic rings. The lowest BCUT2D eigenvalue weighted by Gasteiger charge is -2.00. The number of nitrogens with one attached hydrogen (secondary N) is 1. The maximum absolute atomic E-state index is 11.9. The number of rotatable bonds is 6. The van der Waals surface area contributed by atoms with Crippen LogP contribution in [0.5, 0.6) is 0 Å². The van der Waals surface area contributed by atoms with E-state index in [0.29, 0.717) is 11.5 Å². The lowest BCUT2D eigenvalue weighted by atomic mass is 10.2. The number of aryl methyl sites for hydroxylation is 1. The summed E-state index contributed by atoms with van der Waals surface area (Å²) in [5.41, 5.74) is 0.602.